The summed E-state index contributed by atoms with van der Waals surface area (Å²) in [6.45, 7) is 1.78. The maximum atomic E-state index is 11.2. The number of carboxylic acids is 1. The normalized spacial score (nSPS) is 11.0. The largest absolute Gasteiger partial charge is 0.476 e. The number of carboxylic acid groups (broad SMARTS) is 1. The van der Waals surface area contributed by atoms with Crippen LogP contribution in [0.1, 0.15) is 27.6 Å². The van der Waals surface area contributed by atoms with Crippen molar-refractivity contribution >= 4 is 16.7 Å². The minimum absolute atomic E-state index is 0.132. The molecule has 0 aliphatic rings. The summed E-state index contributed by atoms with van der Waals surface area (Å²) in [5.41, 5.74) is 1.96. The number of imidazole rings is 1. The molecular formula is C17H16N2O2. The summed E-state index contributed by atoms with van der Waals surface area (Å²) < 4.78 is 1.85. The molecule has 3 rings (SSSR count). The lowest BCUT2D eigenvalue weighted by Gasteiger charge is -2.07. The molecule has 0 amide bonds. The van der Waals surface area contributed by atoms with E-state index in [0.29, 0.717) is 12.1 Å². The van der Waals surface area contributed by atoms with Gasteiger partial charge in [0.05, 0.1) is 0 Å². The monoisotopic (exact) mass is 280 g/mol. The molecule has 0 saturated heterocycles. The maximum absolute atomic E-state index is 11.2. The van der Waals surface area contributed by atoms with Crippen molar-refractivity contribution in [3.8, 4) is 0 Å². The third-order valence-electron chi connectivity index (χ3n) is 3.90. The molecule has 0 bridgehead atoms. The van der Waals surface area contributed by atoms with Gasteiger partial charge in [-0.3, -0.25) is 0 Å². The number of aromatic nitrogens is 2. The molecule has 0 saturated carbocycles. The summed E-state index contributed by atoms with van der Waals surface area (Å²) in [5, 5.41) is 11.5. The van der Waals surface area contributed by atoms with E-state index in [1.165, 1.54) is 10.8 Å². The minimum atomic E-state index is -0.979. The standard InChI is InChI=1S/C17H16N2O2/c1-11-16(17(20)21)18-15(19(11)2)10-13-8-5-7-12-6-3-4-9-14(12)13/h3-9H,10H2,1-2H3,(H,20,21). The van der Waals surface area contributed by atoms with Gasteiger partial charge in [-0.15, -0.1) is 0 Å². The van der Waals surface area contributed by atoms with E-state index in [1.807, 2.05) is 29.8 Å². The van der Waals surface area contributed by atoms with E-state index in [1.54, 1.807) is 6.92 Å². The predicted molar refractivity (Wildman–Crippen MR) is 81.7 cm³/mol. The molecule has 0 spiro atoms. The average Bonchev–Trinajstić information content (AvgIpc) is 2.76. The first-order valence-corrected chi connectivity index (χ1v) is 6.80. The fraction of sp³-hybridized carbons (Fsp3) is 0.176. The summed E-state index contributed by atoms with van der Waals surface area (Å²) in [7, 11) is 1.86. The molecule has 21 heavy (non-hydrogen) atoms. The highest BCUT2D eigenvalue weighted by Gasteiger charge is 2.17. The summed E-state index contributed by atoms with van der Waals surface area (Å²) in [5.74, 6) is -0.214. The molecule has 1 N–H and O–H groups in total. The molecule has 1 heterocycles. The minimum Gasteiger partial charge on any atom is -0.476 e. The topological polar surface area (TPSA) is 55.1 Å². The first-order chi connectivity index (χ1) is 10.1. The Kier molecular flexibility index (Phi) is 3.22. The molecule has 0 aliphatic carbocycles. The van der Waals surface area contributed by atoms with Crippen LogP contribution in [0, 0.1) is 6.92 Å². The summed E-state index contributed by atoms with van der Waals surface area (Å²) in [6, 6.07) is 14.3. The third kappa shape index (κ3) is 2.29. The van der Waals surface area contributed by atoms with Crippen molar-refractivity contribution in [3.63, 3.8) is 0 Å². The molecule has 4 nitrogen and oxygen atoms in total. The van der Waals surface area contributed by atoms with Crippen LogP contribution in [-0.2, 0) is 13.5 Å². The van der Waals surface area contributed by atoms with Gasteiger partial charge in [-0.1, -0.05) is 42.5 Å². The summed E-state index contributed by atoms with van der Waals surface area (Å²) in [6.07, 6.45) is 0.617. The van der Waals surface area contributed by atoms with Gasteiger partial charge in [0.15, 0.2) is 5.69 Å². The van der Waals surface area contributed by atoms with Gasteiger partial charge in [0.2, 0.25) is 0 Å². The van der Waals surface area contributed by atoms with E-state index < -0.39 is 5.97 Å². The molecule has 0 unspecified atom stereocenters. The van der Waals surface area contributed by atoms with E-state index in [4.69, 9.17) is 5.11 Å². The van der Waals surface area contributed by atoms with Gasteiger partial charge in [0, 0.05) is 19.2 Å². The van der Waals surface area contributed by atoms with Gasteiger partial charge in [0.25, 0.3) is 0 Å². The van der Waals surface area contributed by atoms with Crippen LogP contribution >= 0.6 is 0 Å². The lowest BCUT2D eigenvalue weighted by molar-refractivity contribution is 0.0690. The van der Waals surface area contributed by atoms with E-state index in [-0.39, 0.29) is 5.69 Å². The Morgan fingerprint density at radius 3 is 2.62 bits per heavy atom. The van der Waals surface area contributed by atoms with Crippen molar-refractivity contribution in [2.45, 2.75) is 13.3 Å². The zero-order valence-electron chi connectivity index (χ0n) is 12.0. The summed E-state index contributed by atoms with van der Waals surface area (Å²) in [4.78, 5) is 15.5. The highest BCUT2D eigenvalue weighted by molar-refractivity contribution is 5.87. The van der Waals surface area contributed by atoms with Gasteiger partial charge in [0.1, 0.15) is 5.82 Å². The Morgan fingerprint density at radius 2 is 1.90 bits per heavy atom. The van der Waals surface area contributed by atoms with Crippen LogP contribution in [0.15, 0.2) is 42.5 Å². The molecule has 4 heteroatoms. The Labute approximate surface area is 122 Å². The lowest BCUT2D eigenvalue weighted by Crippen LogP contribution is -2.01. The van der Waals surface area contributed by atoms with Gasteiger partial charge < -0.3 is 9.67 Å². The SMILES string of the molecule is Cc1c(C(=O)O)nc(Cc2cccc3ccccc23)n1C. The first-order valence-electron chi connectivity index (χ1n) is 6.80. The van der Waals surface area contributed by atoms with Crippen LogP contribution in [-0.4, -0.2) is 20.6 Å². The Hall–Kier alpha value is -2.62. The predicted octanol–water partition coefficient (Wildman–Crippen LogP) is 3.17. The van der Waals surface area contributed by atoms with Crippen LogP contribution in [0.25, 0.3) is 10.8 Å². The van der Waals surface area contributed by atoms with Gasteiger partial charge in [-0.2, -0.15) is 0 Å². The molecule has 0 aliphatic heterocycles. The van der Waals surface area contributed by atoms with E-state index in [9.17, 15) is 4.79 Å². The zero-order chi connectivity index (χ0) is 15.0. The number of nitrogens with zero attached hydrogens (tertiary/aromatic N) is 2. The van der Waals surface area contributed by atoms with E-state index >= 15 is 0 Å². The number of hydrogen-bond donors (Lipinski definition) is 1. The van der Waals surface area contributed by atoms with Crippen molar-refractivity contribution in [1.82, 2.24) is 9.55 Å². The molecule has 0 radical (unpaired) electrons. The maximum Gasteiger partial charge on any atom is 0.356 e. The number of benzene rings is 2. The van der Waals surface area contributed by atoms with Crippen molar-refractivity contribution in [3.05, 3.63) is 65.2 Å². The smallest absolute Gasteiger partial charge is 0.356 e. The van der Waals surface area contributed by atoms with Crippen molar-refractivity contribution in [2.75, 3.05) is 0 Å². The second kappa shape index (κ2) is 5.05. The fourth-order valence-electron chi connectivity index (χ4n) is 2.62. The second-order valence-corrected chi connectivity index (χ2v) is 5.14. The quantitative estimate of drug-likeness (QED) is 0.801. The van der Waals surface area contributed by atoms with Crippen LogP contribution in [0.3, 0.4) is 0 Å². The van der Waals surface area contributed by atoms with Crippen molar-refractivity contribution in [1.29, 1.82) is 0 Å². The molecule has 3 aromatic rings. The number of rotatable bonds is 3. The van der Waals surface area contributed by atoms with Crippen LogP contribution in [0.4, 0.5) is 0 Å². The van der Waals surface area contributed by atoms with Gasteiger partial charge in [-0.25, -0.2) is 9.78 Å². The summed E-state index contributed by atoms with van der Waals surface area (Å²) >= 11 is 0. The van der Waals surface area contributed by atoms with Crippen LogP contribution in [0.2, 0.25) is 0 Å². The van der Waals surface area contributed by atoms with Crippen LogP contribution < -0.4 is 0 Å². The Bertz CT molecular complexity index is 829. The molecular weight excluding hydrogens is 264 g/mol. The third-order valence-corrected chi connectivity index (χ3v) is 3.90. The van der Waals surface area contributed by atoms with Crippen LogP contribution in [0.5, 0.6) is 0 Å². The molecule has 1 aromatic heterocycles. The Balaban J connectivity index is 2.07. The number of fused-ring (bicyclic) bond motifs is 1. The highest BCUT2D eigenvalue weighted by Crippen LogP contribution is 2.21. The molecule has 0 fully saturated rings. The van der Waals surface area contributed by atoms with E-state index in [2.05, 4.69) is 29.2 Å². The second-order valence-electron chi connectivity index (χ2n) is 5.14. The lowest BCUT2D eigenvalue weighted by atomic mass is 10.0. The molecule has 0 atom stereocenters. The zero-order valence-corrected chi connectivity index (χ0v) is 12.0. The number of hydrogen-bond acceptors (Lipinski definition) is 2. The fourth-order valence-corrected chi connectivity index (χ4v) is 2.62. The average molecular weight is 280 g/mol. The number of aromatic carboxylic acids is 1. The first kappa shape index (κ1) is 13.4. The number of carbonyl (C=O) groups is 1. The van der Waals surface area contributed by atoms with Gasteiger partial charge in [-0.05, 0) is 23.3 Å². The van der Waals surface area contributed by atoms with Crippen molar-refractivity contribution < 1.29 is 9.90 Å². The molecule has 2 aromatic carbocycles. The molecule has 106 valence electrons. The van der Waals surface area contributed by atoms with E-state index in [0.717, 1.165) is 11.4 Å². The van der Waals surface area contributed by atoms with Crippen molar-refractivity contribution in [2.24, 2.45) is 7.05 Å². The highest BCUT2D eigenvalue weighted by atomic mass is 16.4. The Morgan fingerprint density at radius 1 is 1.19 bits per heavy atom. The van der Waals surface area contributed by atoms with Gasteiger partial charge >= 0.3 is 5.97 Å².